The number of pyridine rings is 1. The van der Waals surface area contributed by atoms with E-state index in [2.05, 4.69) is 67.9 Å². The Labute approximate surface area is 189 Å². The van der Waals surface area contributed by atoms with Crippen molar-refractivity contribution in [1.29, 1.82) is 0 Å². The Bertz CT molecular complexity index is 974. The molecule has 0 amide bonds. The second kappa shape index (κ2) is 11.4. The molecule has 8 heteroatoms. The number of benzene rings is 1. The fourth-order valence-electron chi connectivity index (χ4n) is 3.89. The first-order chi connectivity index (χ1) is 15.8. The van der Waals surface area contributed by atoms with E-state index in [-0.39, 0.29) is 0 Å². The summed E-state index contributed by atoms with van der Waals surface area (Å²) in [6.45, 7) is 6.62. The highest BCUT2D eigenvalue weighted by atomic mass is 16.5. The average Bonchev–Trinajstić information content (AvgIpc) is 3.30. The maximum atomic E-state index is 5.33. The maximum absolute atomic E-state index is 5.33. The first kappa shape index (κ1) is 22.0. The molecule has 1 aromatic carbocycles. The molecule has 2 N–H and O–H groups in total. The topological polar surface area (TPSA) is 91.5 Å². The average molecular weight is 434 g/mol. The van der Waals surface area contributed by atoms with Gasteiger partial charge in [0.2, 0.25) is 0 Å². The number of nitrogens with zero attached hydrogens (tertiary/aromatic N) is 5. The number of rotatable bonds is 8. The van der Waals surface area contributed by atoms with Crippen molar-refractivity contribution in [2.45, 2.75) is 38.8 Å². The van der Waals surface area contributed by atoms with Gasteiger partial charge in [0.25, 0.3) is 5.89 Å². The van der Waals surface area contributed by atoms with E-state index < -0.39 is 0 Å². The van der Waals surface area contributed by atoms with E-state index >= 15 is 0 Å². The number of hydrogen-bond donors (Lipinski definition) is 2. The fraction of sp³-hybridized carbons (Fsp3) is 0.417. The zero-order valence-electron chi connectivity index (χ0n) is 18.6. The number of aromatic nitrogens is 3. The van der Waals surface area contributed by atoms with Gasteiger partial charge in [0.15, 0.2) is 11.8 Å². The van der Waals surface area contributed by atoms with Crippen LogP contribution in [0.15, 0.2) is 64.2 Å². The highest BCUT2D eigenvalue weighted by Gasteiger charge is 2.20. The third-order valence-electron chi connectivity index (χ3n) is 5.40. The van der Waals surface area contributed by atoms with Crippen LogP contribution < -0.4 is 10.6 Å². The molecule has 32 heavy (non-hydrogen) atoms. The lowest BCUT2D eigenvalue weighted by molar-refractivity contribution is 0.192. The van der Waals surface area contributed by atoms with Crippen LogP contribution in [0.5, 0.6) is 0 Å². The number of guanidine groups is 1. The molecule has 8 nitrogen and oxygen atoms in total. The van der Waals surface area contributed by atoms with Gasteiger partial charge < -0.3 is 15.2 Å². The van der Waals surface area contributed by atoms with E-state index in [9.17, 15) is 0 Å². The van der Waals surface area contributed by atoms with Gasteiger partial charge in [-0.3, -0.25) is 14.9 Å². The van der Waals surface area contributed by atoms with E-state index in [0.717, 1.165) is 38.6 Å². The lowest BCUT2D eigenvalue weighted by Gasteiger charge is -2.34. The van der Waals surface area contributed by atoms with Gasteiger partial charge in [0, 0.05) is 44.8 Å². The molecule has 168 valence electrons. The van der Waals surface area contributed by atoms with Crippen LogP contribution in [0.4, 0.5) is 0 Å². The van der Waals surface area contributed by atoms with Crippen LogP contribution in [0.25, 0.3) is 11.6 Å². The number of piperidine rings is 1. The van der Waals surface area contributed by atoms with Gasteiger partial charge in [0.05, 0.1) is 0 Å². The predicted octanol–water partition coefficient (Wildman–Crippen LogP) is 2.89. The lowest BCUT2D eigenvalue weighted by Crippen LogP contribution is -2.51. The minimum atomic E-state index is 0.381. The highest BCUT2D eigenvalue weighted by Crippen LogP contribution is 2.14. The second-order valence-corrected chi connectivity index (χ2v) is 7.95. The fourth-order valence-corrected chi connectivity index (χ4v) is 3.89. The van der Waals surface area contributed by atoms with Gasteiger partial charge in [-0.25, -0.2) is 0 Å². The largest absolute Gasteiger partial charge is 0.357 e. The van der Waals surface area contributed by atoms with Crippen molar-refractivity contribution < 1.29 is 4.52 Å². The molecule has 0 spiro atoms. The molecule has 0 saturated carbocycles. The Morgan fingerprint density at radius 3 is 2.88 bits per heavy atom. The van der Waals surface area contributed by atoms with Gasteiger partial charge in [-0.1, -0.05) is 41.6 Å². The smallest absolute Gasteiger partial charge is 0.276 e. The molecule has 1 aliphatic rings. The van der Waals surface area contributed by atoms with Crippen molar-refractivity contribution in [3.8, 4) is 11.6 Å². The van der Waals surface area contributed by atoms with Crippen LogP contribution in [0.1, 0.15) is 31.2 Å². The van der Waals surface area contributed by atoms with Crippen molar-refractivity contribution >= 4 is 5.96 Å². The van der Waals surface area contributed by atoms with Crippen LogP contribution in [-0.2, 0) is 13.0 Å². The van der Waals surface area contributed by atoms with Crippen LogP contribution >= 0.6 is 0 Å². The summed E-state index contributed by atoms with van der Waals surface area (Å²) in [5.41, 5.74) is 2.04. The van der Waals surface area contributed by atoms with Crippen molar-refractivity contribution in [3.05, 3.63) is 66.1 Å². The molecule has 3 heterocycles. The summed E-state index contributed by atoms with van der Waals surface area (Å²) in [7, 11) is 0. The lowest BCUT2D eigenvalue weighted by atomic mass is 10.0. The monoisotopic (exact) mass is 433 g/mol. The molecule has 3 aromatic rings. The van der Waals surface area contributed by atoms with Gasteiger partial charge in [-0.05, 0) is 44.0 Å². The van der Waals surface area contributed by atoms with Gasteiger partial charge in [-0.2, -0.15) is 4.98 Å². The normalized spacial score (nSPS) is 17.3. The molecule has 1 aliphatic heterocycles. The number of nitrogens with one attached hydrogen (secondary N) is 2. The van der Waals surface area contributed by atoms with E-state index in [1.54, 1.807) is 6.20 Å². The zero-order chi connectivity index (χ0) is 22.0. The summed E-state index contributed by atoms with van der Waals surface area (Å²) in [4.78, 5) is 15.9. The third kappa shape index (κ3) is 6.37. The van der Waals surface area contributed by atoms with Crippen molar-refractivity contribution in [3.63, 3.8) is 0 Å². The Morgan fingerprint density at radius 2 is 2.06 bits per heavy atom. The van der Waals surface area contributed by atoms with Gasteiger partial charge in [-0.15, -0.1) is 0 Å². The molecule has 1 unspecified atom stereocenters. The second-order valence-electron chi connectivity index (χ2n) is 7.95. The molecule has 1 atom stereocenters. The van der Waals surface area contributed by atoms with Crippen molar-refractivity contribution in [1.82, 2.24) is 30.7 Å². The van der Waals surface area contributed by atoms with Crippen LogP contribution in [0.3, 0.4) is 0 Å². The van der Waals surface area contributed by atoms with Gasteiger partial charge in [0.1, 0.15) is 5.69 Å². The maximum Gasteiger partial charge on any atom is 0.276 e. The Hall–Kier alpha value is -3.26. The number of likely N-dealkylation sites (tertiary alicyclic amines) is 1. The summed E-state index contributed by atoms with van der Waals surface area (Å²) < 4.78 is 5.33. The molecular formula is C24H31N7O. The molecule has 0 aliphatic carbocycles. The molecule has 0 bridgehead atoms. The van der Waals surface area contributed by atoms with Crippen molar-refractivity contribution in [2.75, 3.05) is 26.2 Å². The summed E-state index contributed by atoms with van der Waals surface area (Å²) in [6.07, 6.45) is 4.65. The van der Waals surface area contributed by atoms with Crippen LogP contribution in [0, 0.1) is 0 Å². The Morgan fingerprint density at radius 1 is 1.19 bits per heavy atom. The summed E-state index contributed by atoms with van der Waals surface area (Å²) in [6, 6.07) is 16.7. The summed E-state index contributed by atoms with van der Waals surface area (Å²) >= 11 is 0. The minimum absolute atomic E-state index is 0.381. The first-order valence-electron chi connectivity index (χ1n) is 11.4. The standard InChI is InChI=1S/C24H31N7O/c1-2-25-24(27-15-13-22-29-23(32-30-22)21-12-6-7-14-26-21)28-20-11-8-16-31(18-20)17-19-9-4-3-5-10-19/h3-7,9-10,12,14,20H,2,8,11,13,15-18H2,1H3,(H2,25,27,28). The summed E-state index contributed by atoms with van der Waals surface area (Å²) in [5, 5.41) is 11.0. The Kier molecular flexibility index (Phi) is 7.81. The predicted molar refractivity (Wildman–Crippen MR) is 125 cm³/mol. The Balaban J connectivity index is 1.29. The minimum Gasteiger partial charge on any atom is -0.357 e. The van der Waals surface area contributed by atoms with Crippen molar-refractivity contribution in [2.24, 2.45) is 4.99 Å². The van der Waals surface area contributed by atoms with E-state index in [4.69, 9.17) is 9.52 Å². The SMILES string of the molecule is CCNC(=NCCc1noc(-c2ccccn2)n1)NC1CCCN(Cc2ccccc2)C1. The zero-order valence-corrected chi connectivity index (χ0v) is 18.6. The first-order valence-corrected chi connectivity index (χ1v) is 11.4. The number of aliphatic imine (C=N–C) groups is 1. The summed E-state index contributed by atoms with van der Waals surface area (Å²) in [5.74, 6) is 1.92. The molecule has 2 aromatic heterocycles. The number of hydrogen-bond acceptors (Lipinski definition) is 6. The van der Waals surface area contributed by atoms with Gasteiger partial charge >= 0.3 is 0 Å². The van der Waals surface area contributed by atoms with Crippen LogP contribution in [0.2, 0.25) is 0 Å². The highest BCUT2D eigenvalue weighted by molar-refractivity contribution is 5.80. The molecule has 4 rings (SSSR count). The van der Waals surface area contributed by atoms with E-state index in [1.165, 1.54) is 12.0 Å². The molecular weight excluding hydrogens is 402 g/mol. The molecule has 1 fully saturated rings. The van der Waals surface area contributed by atoms with Crippen LogP contribution in [-0.4, -0.2) is 58.2 Å². The van der Waals surface area contributed by atoms with E-state index in [0.29, 0.717) is 36.4 Å². The third-order valence-corrected chi connectivity index (χ3v) is 5.40. The quantitative estimate of drug-likeness (QED) is 0.417. The molecule has 1 saturated heterocycles. The van der Waals surface area contributed by atoms with E-state index in [1.807, 2.05) is 18.2 Å². The molecule has 0 radical (unpaired) electrons.